The van der Waals surface area contributed by atoms with Crippen LogP contribution in [0.1, 0.15) is 49.8 Å². The summed E-state index contributed by atoms with van der Waals surface area (Å²) < 4.78 is 5.83. The molecule has 0 saturated carbocycles. The van der Waals surface area contributed by atoms with Gasteiger partial charge < -0.3 is 9.64 Å². The summed E-state index contributed by atoms with van der Waals surface area (Å²) in [6.07, 6.45) is 7.07. The molecule has 0 aliphatic carbocycles. The number of rotatable bonds is 9. The Kier molecular flexibility index (Phi) is 8.01. The minimum atomic E-state index is 0.485. The zero-order valence-corrected chi connectivity index (χ0v) is 18.9. The normalized spacial score (nSPS) is 20.5. The highest BCUT2D eigenvalue weighted by Crippen LogP contribution is 2.29. The first kappa shape index (κ1) is 21.6. The number of thioether (sulfide) groups is 1. The van der Waals surface area contributed by atoms with Crippen LogP contribution in [0.3, 0.4) is 0 Å². The van der Waals surface area contributed by atoms with Gasteiger partial charge in [0.1, 0.15) is 5.75 Å². The highest BCUT2D eigenvalue weighted by molar-refractivity contribution is 7.99. The van der Waals surface area contributed by atoms with E-state index in [0.29, 0.717) is 12.5 Å². The second-order valence-corrected chi connectivity index (χ2v) is 9.34. The third-order valence-corrected chi connectivity index (χ3v) is 6.92. The van der Waals surface area contributed by atoms with Gasteiger partial charge in [0.05, 0.1) is 6.61 Å². The van der Waals surface area contributed by atoms with Crippen molar-refractivity contribution in [1.82, 2.24) is 19.8 Å². The number of hydrogen-bond acceptors (Lipinski definition) is 6. The van der Waals surface area contributed by atoms with Crippen LogP contribution >= 0.6 is 11.8 Å². The van der Waals surface area contributed by atoms with Crippen LogP contribution in [0, 0.1) is 0 Å². The van der Waals surface area contributed by atoms with E-state index in [-0.39, 0.29) is 0 Å². The molecular formula is C24H34N4OS. The molecule has 2 aliphatic heterocycles. The fourth-order valence-corrected chi connectivity index (χ4v) is 5.37. The second-order valence-electron chi connectivity index (χ2n) is 8.28. The Labute approximate surface area is 185 Å². The third-order valence-electron chi connectivity index (χ3n) is 6.08. The number of hydrogen-bond donors (Lipinski definition) is 0. The maximum atomic E-state index is 5.83. The number of likely N-dealkylation sites (tertiary alicyclic amines) is 2. The smallest absolute Gasteiger partial charge is 0.187 e. The summed E-state index contributed by atoms with van der Waals surface area (Å²) in [6, 6.07) is 10.5. The minimum Gasteiger partial charge on any atom is -0.494 e. The number of ether oxygens (including phenoxy) is 1. The molecular weight excluding hydrogens is 392 g/mol. The molecule has 0 N–H and O–H groups in total. The van der Waals surface area contributed by atoms with E-state index in [1.807, 2.05) is 13.1 Å². The Morgan fingerprint density at radius 1 is 1.07 bits per heavy atom. The van der Waals surface area contributed by atoms with Gasteiger partial charge in [-0.15, -0.1) is 0 Å². The Bertz CT molecular complexity index is 796. The van der Waals surface area contributed by atoms with Gasteiger partial charge in [-0.3, -0.25) is 4.90 Å². The van der Waals surface area contributed by atoms with E-state index >= 15 is 0 Å². The topological polar surface area (TPSA) is 41.5 Å². The summed E-state index contributed by atoms with van der Waals surface area (Å²) in [5, 5.41) is 0.936. The van der Waals surface area contributed by atoms with Crippen LogP contribution in [0.15, 0.2) is 41.7 Å². The molecule has 2 fully saturated rings. The Morgan fingerprint density at radius 3 is 2.77 bits per heavy atom. The first-order valence-electron chi connectivity index (χ1n) is 11.4. The maximum Gasteiger partial charge on any atom is 0.187 e. The standard InChI is InChI=1S/C24H34N4OS/c1-2-29-23-10-4-3-8-21(23)19-28-15-7-9-20(18-28)22-11-12-25-24(26-22)30-17-16-27-13-5-6-14-27/h3-4,8,10-12,20H,2,5-7,9,13-19H2,1H3/t20-/m1/s1. The lowest BCUT2D eigenvalue weighted by molar-refractivity contribution is 0.195. The first-order chi connectivity index (χ1) is 14.8. The van der Waals surface area contributed by atoms with Crippen molar-refractivity contribution in [1.29, 1.82) is 0 Å². The number of benzene rings is 1. The molecule has 0 amide bonds. The maximum absolute atomic E-state index is 5.83. The monoisotopic (exact) mass is 426 g/mol. The van der Waals surface area contributed by atoms with Gasteiger partial charge in [-0.1, -0.05) is 30.0 Å². The van der Waals surface area contributed by atoms with E-state index in [4.69, 9.17) is 9.72 Å². The van der Waals surface area contributed by atoms with Gasteiger partial charge in [0.2, 0.25) is 0 Å². The molecule has 30 heavy (non-hydrogen) atoms. The number of nitrogens with zero attached hydrogens (tertiary/aromatic N) is 4. The number of para-hydroxylation sites is 1. The van der Waals surface area contributed by atoms with Gasteiger partial charge >= 0.3 is 0 Å². The summed E-state index contributed by atoms with van der Waals surface area (Å²) >= 11 is 1.80. The quantitative estimate of drug-likeness (QED) is 0.436. The molecule has 0 bridgehead atoms. The summed E-state index contributed by atoms with van der Waals surface area (Å²) in [4.78, 5) is 14.6. The molecule has 1 atom stereocenters. The summed E-state index contributed by atoms with van der Waals surface area (Å²) in [5.74, 6) is 2.58. The van der Waals surface area contributed by atoms with Crippen LogP contribution in [-0.4, -0.2) is 64.9 Å². The van der Waals surface area contributed by atoms with E-state index in [1.165, 1.54) is 50.0 Å². The highest BCUT2D eigenvalue weighted by Gasteiger charge is 2.23. The summed E-state index contributed by atoms with van der Waals surface area (Å²) in [5.41, 5.74) is 2.48. The molecule has 4 rings (SSSR count). The van der Waals surface area contributed by atoms with Gasteiger partial charge in [0.25, 0.3) is 0 Å². The molecule has 162 valence electrons. The van der Waals surface area contributed by atoms with E-state index < -0.39 is 0 Å². The average Bonchev–Trinajstić information content (AvgIpc) is 3.29. The Morgan fingerprint density at radius 2 is 1.90 bits per heavy atom. The van der Waals surface area contributed by atoms with Gasteiger partial charge in [0, 0.05) is 48.8 Å². The molecule has 2 saturated heterocycles. The van der Waals surface area contributed by atoms with E-state index in [2.05, 4.69) is 45.1 Å². The lowest BCUT2D eigenvalue weighted by atomic mass is 9.94. The molecule has 2 aromatic rings. The lowest BCUT2D eigenvalue weighted by Crippen LogP contribution is -2.34. The van der Waals surface area contributed by atoms with E-state index in [1.54, 1.807) is 11.8 Å². The predicted molar refractivity (Wildman–Crippen MR) is 123 cm³/mol. The molecule has 0 radical (unpaired) electrons. The van der Waals surface area contributed by atoms with Crippen LogP contribution < -0.4 is 4.74 Å². The zero-order valence-electron chi connectivity index (χ0n) is 18.1. The fraction of sp³-hybridized carbons (Fsp3) is 0.583. The average molecular weight is 427 g/mol. The molecule has 2 aliphatic rings. The molecule has 0 spiro atoms. The molecule has 0 unspecified atom stereocenters. The lowest BCUT2D eigenvalue weighted by Gasteiger charge is -2.32. The van der Waals surface area contributed by atoms with Gasteiger partial charge in [-0.2, -0.15) is 0 Å². The Hall–Kier alpha value is -1.63. The van der Waals surface area contributed by atoms with Crippen LogP contribution in [0.25, 0.3) is 0 Å². The highest BCUT2D eigenvalue weighted by atomic mass is 32.2. The minimum absolute atomic E-state index is 0.485. The van der Waals surface area contributed by atoms with Gasteiger partial charge in [-0.05, 0) is 64.4 Å². The van der Waals surface area contributed by atoms with Crippen LogP contribution in [-0.2, 0) is 6.54 Å². The predicted octanol–water partition coefficient (Wildman–Crippen LogP) is 4.44. The first-order valence-corrected chi connectivity index (χ1v) is 12.4. The molecule has 1 aromatic carbocycles. The summed E-state index contributed by atoms with van der Waals surface area (Å²) in [7, 11) is 0. The van der Waals surface area contributed by atoms with Gasteiger partial charge in [-0.25, -0.2) is 9.97 Å². The van der Waals surface area contributed by atoms with Crippen molar-refractivity contribution >= 4 is 11.8 Å². The second kappa shape index (κ2) is 11.1. The van der Waals surface area contributed by atoms with Crippen LogP contribution in [0.5, 0.6) is 5.75 Å². The van der Waals surface area contributed by atoms with Crippen molar-refractivity contribution in [2.24, 2.45) is 0 Å². The fourth-order valence-electron chi connectivity index (χ4n) is 4.54. The number of piperidine rings is 1. The van der Waals surface area contributed by atoms with Crippen LogP contribution in [0.2, 0.25) is 0 Å². The van der Waals surface area contributed by atoms with Gasteiger partial charge in [0.15, 0.2) is 5.16 Å². The largest absolute Gasteiger partial charge is 0.494 e. The molecule has 3 heterocycles. The van der Waals surface area contributed by atoms with Crippen molar-refractivity contribution < 1.29 is 4.74 Å². The molecule has 6 heteroatoms. The van der Waals surface area contributed by atoms with E-state index in [0.717, 1.165) is 42.8 Å². The van der Waals surface area contributed by atoms with Crippen LogP contribution in [0.4, 0.5) is 0 Å². The molecule has 5 nitrogen and oxygen atoms in total. The van der Waals surface area contributed by atoms with Crippen molar-refractivity contribution in [2.45, 2.75) is 50.2 Å². The molecule has 1 aromatic heterocycles. The number of aromatic nitrogens is 2. The van der Waals surface area contributed by atoms with Crippen molar-refractivity contribution in [3.63, 3.8) is 0 Å². The zero-order chi connectivity index (χ0) is 20.6. The summed E-state index contributed by atoms with van der Waals surface area (Å²) in [6.45, 7) is 9.54. The van der Waals surface area contributed by atoms with E-state index in [9.17, 15) is 0 Å². The van der Waals surface area contributed by atoms with Crippen molar-refractivity contribution in [3.05, 3.63) is 47.8 Å². The Balaban J connectivity index is 1.34. The van der Waals surface area contributed by atoms with Crippen molar-refractivity contribution in [3.8, 4) is 5.75 Å². The SMILES string of the molecule is CCOc1ccccc1CN1CCC[C@@H](c2ccnc(SCCN3CCCC3)n2)C1. The van der Waals surface area contributed by atoms with Crippen molar-refractivity contribution in [2.75, 3.05) is 45.1 Å². The third kappa shape index (κ3) is 5.96.